The molecule has 1 fully saturated rings. The van der Waals surface area contributed by atoms with Crippen molar-refractivity contribution in [1.82, 2.24) is 0 Å². The van der Waals surface area contributed by atoms with Gasteiger partial charge in [-0.3, -0.25) is 4.79 Å². The van der Waals surface area contributed by atoms with E-state index in [-0.39, 0.29) is 5.97 Å². The predicted octanol–water partition coefficient (Wildman–Crippen LogP) is 1.52. The highest BCUT2D eigenvalue weighted by atomic mass is 16.5. The first-order chi connectivity index (χ1) is 4.72. The van der Waals surface area contributed by atoms with Crippen LogP contribution < -0.4 is 0 Å². The molecule has 1 saturated carbocycles. The maximum atomic E-state index is 10.7. The van der Waals surface area contributed by atoms with Crippen LogP contribution in [-0.2, 0) is 9.53 Å². The third kappa shape index (κ3) is 1.59. The van der Waals surface area contributed by atoms with E-state index in [4.69, 9.17) is 0 Å². The average molecular weight is 140 g/mol. The van der Waals surface area contributed by atoms with E-state index in [1.807, 2.05) is 0 Å². The molecule has 0 atom stereocenters. The van der Waals surface area contributed by atoms with Gasteiger partial charge in [-0.1, -0.05) is 12.2 Å². The van der Waals surface area contributed by atoms with Crippen molar-refractivity contribution in [1.29, 1.82) is 0 Å². The SMILES string of the molecule is C=C1CC(CC(=O)OC)C1. The average Bonchev–Trinajstić information content (AvgIpc) is 1.84. The van der Waals surface area contributed by atoms with E-state index < -0.39 is 0 Å². The minimum atomic E-state index is -0.0995. The van der Waals surface area contributed by atoms with Crippen LogP contribution in [0.4, 0.5) is 0 Å². The predicted molar refractivity (Wildman–Crippen MR) is 38.5 cm³/mol. The molecule has 1 rings (SSSR count). The van der Waals surface area contributed by atoms with Crippen LogP contribution in [-0.4, -0.2) is 13.1 Å². The van der Waals surface area contributed by atoms with E-state index in [9.17, 15) is 4.79 Å². The highest BCUT2D eigenvalue weighted by molar-refractivity contribution is 5.69. The normalized spacial score (nSPS) is 18.3. The highest BCUT2D eigenvalue weighted by Gasteiger charge is 2.23. The quantitative estimate of drug-likeness (QED) is 0.429. The Hall–Kier alpha value is -0.790. The van der Waals surface area contributed by atoms with Gasteiger partial charge in [-0.2, -0.15) is 0 Å². The molecule has 1 aliphatic carbocycles. The number of hydrogen-bond acceptors (Lipinski definition) is 2. The molecule has 0 amide bonds. The fraction of sp³-hybridized carbons (Fsp3) is 0.625. The van der Waals surface area contributed by atoms with Crippen molar-refractivity contribution >= 4 is 5.97 Å². The first-order valence-electron chi connectivity index (χ1n) is 3.46. The molecule has 1 aliphatic rings. The summed E-state index contributed by atoms with van der Waals surface area (Å²) in [5, 5.41) is 0. The molecule has 0 aromatic carbocycles. The zero-order valence-electron chi connectivity index (χ0n) is 6.22. The van der Waals surface area contributed by atoms with Crippen LogP contribution in [0, 0.1) is 5.92 Å². The largest absolute Gasteiger partial charge is 0.469 e. The van der Waals surface area contributed by atoms with Gasteiger partial charge in [0.2, 0.25) is 0 Å². The van der Waals surface area contributed by atoms with E-state index in [2.05, 4.69) is 11.3 Å². The van der Waals surface area contributed by atoms with Crippen molar-refractivity contribution in [3.05, 3.63) is 12.2 Å². The Balaban J connectivity index is 2.16. The van der Waals surface area contributed by atoms with Gasteiger partial charge in [0.25, 0.3) is 0 Å². The second-order valence-electron chi connectivity index (χ2n) is 2.80. The van der Waals surface area contributed by atoms with E-state index in [1.165, 1.54) is 12.7 Å². The number of allylic oxidation sites excluding steroid dienone is 1. The Morgan fingerprint density at radius 3 is 2.80 bits per heavy atom. The van der Waals surface area contributed by atoms with Crippen molar-refractivity contribution in [2.75, 3.05) is 7.11 Å². The molecule has 56 valence electrons. The molecular weight excluding hydrogens is 128 g/mol. The molecule has 2 nitrogen and oxygen atoms in total. The van der Waals surface area contributed by atoms with Crippen LogP contribution >= 0.6 is 0 Å². The maximum Gasteiger partial charge on any atom is 0.305 e. The lowest BCUT2D eigenvalue weighted by Gasteiger charge is -2.26. The highest BCUT2D eigenvalue weighted by Crippen LogP contribution is 2.33. The monoisotopic (exact) mass is 140 g/mol. The lowest BCUT2D eigenvalue weighted by Crippen LogP contribution is -2.18. The third-order valence-electron chi connectivity index (χ3n) is 1.84. The number of hydrogen-bond donors (Lipinski definition) is 0. The van der Waals surface area contributed by atoms with Gasteiger partial charge in [0.05, 0.1) is 7.11 Å². The summed E-state index contributed by atoms with van der Waals surface area (Å²) in [7, 11) is 1.43. The van der Waals surface area contributed by atoms with Gasteiger partial charge in [-0.15, -0.1) is 0 Å². The van der Waals surface area contributed by atoms with Crippen molar-refractivity contribution in [3.63, 3.8) is 0 Å². The number of methoxy groups -OCH3 is 1. The standard InChI is InChI=1S/C8H12O2/c1-6-3-7(4-6)5-8(9)10-2/h7H,1,3-5H2,2H3. The van der Waals surface area contributed by atoms with Gasteiger partial charge in [0.1, 0.15) is 0 Å². The smallest absolute Gasteiger partial charge is 0.305 e. The summed E-state index contributed by atoms with van der Waals surface area (Å²) in [6.07, 6.45) is 2.58. The zero-order valence-corrected chi connectivity index (χ0v) is 6.22. The number of carbonyl (C=O) groups is 1. The Morgan fingerprint density at radius 2 is 2.40 bits per heavy atom. The Kier molecular flexibility index (Phi) is 2.10. The van der Waals surface area contributed by atoms with Crippen LogP contribution in [0.25, 0.3) is 0 Å². The Bertz CT molecular complexity index is 153. The van der Waals surface area contributed by atoms with Crippen molar-refractivity contribution in [2.24, 2.45) is 5.92 Å². The molecule has 10 heavy (non-hydrogen) atoms. The summed E-state index contributed by atoms with van der Waals surface area (Å²) >= 11 is 0. The first kappa shape index (κ1) is 7.32. The van der Waals surface area contributed by atoms with Gasteiger partial charge in [0.15, 0.2) is 0 Å². The lowest BCUT2D eigenvalue weighted by atomic mass is 9.79. The number of esters is 1. The number of carbonyl (C=O) groups excluding carboxylic acids is 1. The molecule has 0 bridgehead atoms. The summed E-state index contributed by atoms with van der Waals surface area (Å²) in [6.45, 7) is 3.79. The first-order valence-corrected chi connectivity index (χ1v) is 3.46. The molecule has 0 aromatic rings. The third-order valence-corrected chi connectivity index (χ3v) is 1.84. The van der Waals surface area contributed by atoms with Crippen molar-refractivity contribution in [2.45, 2.75) is 19.3 Å². The Labute approximate surface area is 60.9 Å². The van der Waals surface area contributed by atoms with Crippen LogP contribution in [0.1, 0.15) is 19.3 Å². The van der Waals surface area contributed by atoms with Crippen molar-refractivity contribution < 1.29 is 9.53 Å². The summed E-state index contributed by atoms with van der Waals surface area (Å²) in [5.41, 5.74) is 1.26. The fourth-order valence-electron chi connectivity index (χ4n) is 1.22. The second kappa shape index (κ2) is 2.86. The summed E-state index contributed by atoms with van der Waals surface area (Å²) in [4.78, 5) is 10.7. The molecule has 0 saturated heterocycles. The lowest BCUT2D eigenvalue weighted by molar-refractivity contribution is -0.142. The fourth-order valence-corrected chi connectivity index (χ4v) is 1.22. The summed E-state index contributed by atoms with van der Waals surface area (Å²) in [5.74, 6) is 0.414. The minimum absolute atomic E-state index is 0.0995. The molecule has 0 unspecified atom stereocenters. The molecular formula is C8H12O2. The molecule has 0 aliphatic heterocycles. The van der Waals surface area contributed by atoms with E-state index in [1.54, 1.807) is 0 Å². The molecule has 0 aromatic heterocycles. The Morgan fingerprint density at radius 1 is 1.80 bits per heavy atom. The van der Waals surface area contributed by atoms with Gasteiger partial charge in [0, 0.05) is 6.42 Å². The van der Waals surface area contributed by atoms with E-state index >= 15 is 0 Å². The van der Waals surface area contributed by atoms with Gasteiger partial charge >= 0.3 is 5.97 Å². The molecule has 0 radical (unpaired) electrons. The number of rotatable bonds is 2. The van der Waals surface area contributed by atoms with Crippen molar-refractivity contribution in [3.8, 4) is 0 Å². The number of ether oxygens (including phenoxy) is 1. The summed E-state index contributed by atoms with van der Waals surface area (Å²) < 4.78 is 4.52. The summed E-state index contributed by atoms with van der Waals surface area (Å²) in [6, 6.07) is 0. The van der Waals surface area contributed by atoms with Crippen LogP contribution in [0.15, 0.2) is 12.2 Å². The molecule has 0 N–H and O–H groups in total. The topological polar surface area (TPSA) is 26.3 Å². The van der Waals surface area contributed by atoms with E-state index in [0.29, 0.717) is 12.3 Å². The minimum Gasteiger partial charge on any atom is -0.469 e. The van der Waals surface area contributed by atoms with Gasteiger partial charge < -0.3 is 4.74 Å². The molecule has 0 heterocycles. The van der Waals surface area contributed by atoms with Crippen LogP contribution in [0.5, 0.6) is 0 Å². The molecule has 2 heteroatoms. The van der Waals surface area contributed by atoms with Gasteiger partial charge in [-0.05, 0) is 18.8 Å². The van der Waals surface area contributed by atoms with E-state index in [0.717, 1.165) is 12.8 Å². The zero-order chi connectivity index (χ0) is 7.56. The van der Waals surface area contributed by atoms with Gasteiger partial charge in [-0.25, -0.2) is 0 Å². The maximum absolute atomic E-state index is 10.7. The van der Waals surface area contributed by atoms with Crippen LogP contribution in [0.3, 0.4) is 0 Å². The molecule has 0 spiro atoms. The second-order valence-corrected chi connectivity index (χ2v) is 2.80. The van der Waals surface area contributed by atoms with Crippen LogP contribution in [0.2, 0.25) is 0 Å².